The van der Waals surface area contributed by atoms with Crippen molar-refractivity contribution in [2.75, 3.05) is 20.3 Å². The Morgan fingerprint density at radius 3 is 2.70 bits per heavy atom. The Labute approximate surface area is 135 Å². The molecule has 0 radical (unpaired) electrons. The van der Waals surface area contributed by atoms with E-state index in [0.717, 1.165) is 5.56 Å². The molecule has 0 aliphatic heterocycles. The zero-order valence-corrected chi connectivity index (χ0v) is 13.1. The van der Waals surface area contributed by atoms with Crippen LogP contribution < -0.4 is 10.6 Å². The highest BCUT2D eigenvalue weighted by Gasteiger charge is 2.20. The number of ether oxygens (including phenoxy) is 2. The maximum Gasteiger partial charge on any atom is 0.408 e. The van der Waals surface area contributed by atoms with Crippen LogP contribution in [0.15, 0.2) is 30.3 Å². The van der Waals surface area contributed by atoms with Crippen molar-refractivity contribution < 1.29 is 19.1 Å². The van der Waals surface area contributed by atoms with Gasteiger partial charge in [-0.25, -0.2) is 4.79 Å². The molecule has 0 heterocycles. The Hall–Kier alpha value is -2.59. The van der Waals surface area contributed by atoms with Gasteiger partial charge in [0.1, 0.15) is 12.6 Å². The fraction of sp³-hybridized carbons (Fsp3) is 0.438. The molecule has 7 heteroatoms. The summed E-state index contributed by atoms with van der Waals surface area (Å²) < 4.78 is 10.4. The zero-order chi connectivity index (χ0) is 16.9. The summed E-state index contributed by atoms with van der Waals surface area (Å²) in [6.07, 6.45) is 0.273. The fourth-order valence-electron chi connectivity index (χ4n) is 1.72. The van der Waals surface area contributed by atoms with Crippen molar-refractivity contribution in [3.63, 3.8) is 0 Å². The van der Waals surface area contributed by atoms with E-state index in [1.54, 1.807) is 0 Å². The molecule has 0 saturated heterocycles. The lowest BCUT2D eigenvalue weighted by atomic mass is 10.2. The third-order valence-electron chi connectivity index (χ3n) is 2.93. The van der Waals surface area contributed by atoms with Crippen LogP contribution in [0.1, 0.15) is 18.4 Å². The maximum atomic E-state index is 11.8. The van der Waals surface area contributed by atoms with Crippen LogP contribution in [0.5, 0.6) is 0 Å². The first-order chi connectivity index (χ1) is 11.2. The van der Waals surface area contributed by atoms with E-state index in [2.05, 4.69) is 10.6 Å². The summed E-state index contributed by atoms with van der Waals surface area (Å²) in [5.41, 5.74) is 0.854. The van der Waals surface area contributed by atoms with Crippen molar-refractivity contribution in [1.82, 2.24) is 10.6 Å². The highest BCUT2D eigenvalue weighted by molar-refractivity contribution is 5.85. The number of nitrogens with zero attached hydrogens (tertiary/aromatic N) is 1. The Kier molecular flexibility index (Phi) is 8.86. The van der Waals surface area contributed by atoms with E-state index in [0.29, 0.717) is 19.4 Å². The monoisotopic (exact) mass is 319 g/mol. The van der Waals surface area contributed by atoms with Crippen LogP contribution in [0, 0.1) is 11.3 Å². The second-order valence-electron chi connectivity index (χ2n) is 4.71. The number of unbranched alkanes of at least 4 members (excludes halogenated alkanes) is 1. The number of hydrogen-bond donors (Lipinski definition) is 2. The standard InChI is InChI=1S/C16H21N3O4/c1-18-15(20)14(12-22-10-6-5-9-17)19-16(21)23-11-13-7-3-2-4-8-13/h2-4,7-8,14H,5-6,10-12H2,1H3,(H,18,20)(H,19,21)/t14-/m0/s1. The summed E-state index contributed by atoms with van der Waals surface area (Å²) in [7, 11) is 1.47. The van der Waals surface area contributed by atoms with E-state index in [-0.39, 0.29) is 19.1 Å². The number of rotatable bonds is 9. The molecule has 1 aromatic carbocycles. The second-order valence-corrected chi connectivity index (χ2v) is 4.71. The van der Waals surface area contributed by atoms with Crippen molar-refractivity contribution in [3.8, 4) is 6.07 Å². The highest BCUT2D eigenvalue weighted by atomic mass is 16.5. The van der Waals surface area contributed by atoms with Crippen LogP contribution in [0.25, 0.3) is 0 Å². The van der Waals surface area contributed by atoms with Gasteiger partial charge in [-0.1, -0.05) is 30.3 Å². The minimum absolute atomic E-state index is 0.0194. The van der Waals surface area contributed by atoms with Crippen molar-refractivity contribution in [2.45, 2.75) is 25.5 Å². The van der Waals surface area contributed by atoms with E-state index in [1.165, 1.54) is 7.05 Å². The van der Waals surface area contributed by atoms with Crippen molar-refractivity contribution >= 4 is 12.0 Å². The maximum absolute atomic E-state index is 11.8. The van der Waals surface area contributed by atoms with Gasteiger partial charge < -0.3 is 20.1 Å². The third-order valence-corrected chi connectivity index (χ3v) is 2.93. The first kappa shape index (κ1) is 18.5. The summed E-state index contributed by atoms with van der Waals surface area (Å²) in [6.45, 7) is 0.490. The van der Waals surface area contributed by atoms with Gasteiger partial charge in [-0.15, -0.1) is 0 Å². The van der Waals surface area contributed by atoms with Gasteiger partial charge in [0.05, 0.1) is 12.7 Å². The molecule has 0 bridgehead atoms. The van der Waals surface area contributed by atoms with E-state index >= 15 is 0 Å². The average Bonchev–Trinajstić information content (AvgIpc) is 2.59. The van der Waals surface area contributed by atoms with Gasteiger partial charge in [-0.05, 0) is 12.0 Å². The highest BCUT2D eigenvalue weighted by Crippen LogP contribution is 2.01. The van der Waals surface area contributed by atoms with Crippen molar-refractivity contribution in [1.29, 1.82) is 5.26 Å². The van der Waals surface area contributed by atoms with Crippen LogP contribution in [0.3, 0.4) is 0 Å². The van der Waals surface area contributed by atoms with Crippen molar-refractivity contribution in [2.24, 2.45) is 0 Å². The average molecular weight is 319 g/mol. The number of nitrogens with one attached hydrogen (secondary N) is 2. The van der Waals surface area contributed by atoms with Gasteiger partial charge in [0.25, 0.3) is 0 Å². The summed E-state index contributed by atoms with van der Waals surface area (Å²) in [6, 6.07) is 10.4. The zero-order valence-electron chi connectivity index (χ0n) is 13.1. The molecule has 0 aliphatic carbocycles. The number of carbonyl (C=O) groups excluding carboxylic acids is 2. The molecule has 124 valence electrons. The lowest BCUT2D eigenvalue weighted by Gasteiger charge is -2.17. The van der Waals surface area contributed by atoms with Crippen LogP contribution in [-0.2, 0) is 20.9 Å². The molecule has 0 spiro atoms. The minimum Gasteiger partial charge on any atom is -0.445 e. The summed E-state index contributed by atoms with van der Waals surface area (Å²) in [5.74, 6) is -0.373. The summed E-state index contributed by atoms with van der Waals surface area (Å²) in [4.78, 5) is 23.5. The van der Waals surface area contributed by atoms with Crippen molar-refractivity contribution in [3.05, 3.63) is 35.9 Å². The molecule has 1 rings (SSSR count). The molecule has 2 amide bonds. The molecular weight excluding hydrogens is 298 g/mol. The number of alkyl carbamates (subject to hydrolysis) is 1. The van der Waals surface area contributed by atoms with Gasteiger partial charge in [-0.2, -0.15) is 5.26 Å². The number of hydrogen-bond acceptors (Lipinski definition) is 5. The smallest absolute Gasteiger partial charge is 0.408 e. The Morgan fingerprint density at radius 1 is 1.30 bits per heavy atom. The number of nitriles is 1. The minimum atomic E-state index is -0.842. The molecular formula is C16H21N3O4. The molecule has 0 unspecified atom stereocenters. The molecule has 0 aromatic heterocycles. The molecule has 2 N–H and O–H groups in total. The number of amides is 2. The van der Waals surface area contributed by atoms with Crippen LogP contribution in [0.2, 0.25) is 0 Å². The van der Waals surface area contributed by atoms with Gasteiger partial charge in [0.2, 0.25) is 5.91 Å². The predicted octanol–water partition coefficient (Wildman–Crippen LogP) is 1.35. The second kappa shape index (κ2) is 11.0. The number of likely N-dealkylation sites (N-methyl/N-ethyl adjacent to an activating group) is 1. The van der Waals surface area contributed by atoms with Gasteiger partial charge in [-0.3, -0.25) is 4.79 Å². The molecule has 0 aliphatic rings. The molecule has 23 heavy (non-hydrogen) atoms. The molecule has 0 fully saturated rings. The molecule has 1 aromatic rings. The van der Waals surface area contributed by atoms with E-state index in [4.69, 9.17) is 14.7 Å². The summed E-state index contributed by atoms with van der Waals surface area (Å²) >= 11 is 0. The Bertz CT molecular complexity index is 528. The Balaban J connectivity index is 2.38. The van der Waals surface area contributed by atoms with Crippen LogP contribution >= 0.6 is 0 Å². The van der Waals surface area contributed by atoms with Crippen LogP contribution in [-0.4, -0.2) is 38.3 Å². The predicted molar refractivity (Wildman–Crippen MR) is 83.3 cm³/mol. The fourth-order valence-corrected chi connectivity index (χ4v) is 1.72. The first-order valence-electron chi connectivity index (χ1n) is 7.31. The quantitative estimate of drug-likeness (QED) is 0.669. The normalized spacial score (nSPS) is 11.1. The molecule has 1 atom stereocenters. The third kappa shape index (κ3) is 7.83. The van der Waals surface area contributed by atoms with Gasteiger partial charge >= 0.3 is 6.09 Å². The topological polar surface area (TPSA) is 100 Å². The summed E-state index contributed by atoms with van der Waals surface area (Å²) in [5, 5.41) is 13.4. The van der Waals surface area contributed by atoms with E-state index in [1.807, 2.05) is 36.4 Å². The Morgan fingerprint density at radius 2 is 2.04 bits per heavy atom. The SMILES string of the molecule is CNC(=O)[C@H](COCCCC#N)NC(=O)OCc1ccccc1. The first-order valence-corrected chi connectivity index (χ1v) is 7.31. The van der Waals surface area contributed by atoms with E-state index in [9.17, 15) is 9.59 Å². The van der Waals surface area contributed by atoms with Gasteiger partial charge in [0.15, 0.2) is 0 Å². The lowest BCUT2D eigenvalue weighted by molar-refractivity contribution is -0.124. The number of benzene rings is 1. The molecule has 7 nitrogen and oxygen atoms in total. The largest absolute Gasteiger partial charge is 0.445 e. The van der Waals surface area contributed by atoms with Gasteiger partial charge in [0, 0.05) is 20.1 Å². The van der Waals surface area contributed by atoms with E-state index < -0.39 is 12.1 Å². The lowest BCUT2D eigenvalue weighted by Crippen LogP contribution is -2.48. The van der Waals surface area contributed by atoms with Crippen LogP contribution in [0.4, 0.5) is 4.79 Å². The molecule has 0 saturated carbocycles. The number of carbonyl (C=O) groups is 2.